The highest BCUT2D eigenvalue weighted by molar-refractivity contribution is 6.30. The normalized spacial score (nSPS) is 23.6. The van der Waals surface area contributed by atoms with E-state index in [1.165, 1.54) is 12.1 Å². The van der Waals surface area contributed by atoms with Crippen LogP contribution in [0.15, 0.2) is 18.2 Å². The van der Waals surface area contributed by atoms with Gasteiger partial charge < -0.3 is 15.2 Å². The van der Waals surface area contributed by atoms with Gasteiger partial charge in [0.1, 0.15) is 23.7 Å². The maximum Gasteiger partial charge on any atom is 0.320 e. The number of hydrogen-bond acceptors (Lipinski definition) is 3. The summed E-state index contributed by atoms with van der Waals surface area (Å²) in [6.45, 7) is 0.432. The monoisotopic (exact) mass is 259 g/mol. The number of carbonyl (C=O) groups is 1. The zero-order valence-corrected chi connectivity index (χ0v) is 9.58. The Morgan fingerprint density at radius 1 is 1.59 bits per heavy atom. The quantitative estimate of drug-likeness (QED) is 0.867. The number of carboxylic acid groups (broad SMARTS) is 1. The molecule has 17 heavy (non-hydrogen) atoms. The van der Waals surface area contributed by atoms with Crippen LogP contribution in [0.25, 0.3) is 0 Å². The largest absolute Gasteiger partial charge is 0.489 e. The van der Waals surface area contributed by atoms with E-state index in [2.05, 4.69) is 5.32 Å². The van der Waals surface area contributed by atoms with Gasteiger partial charge in [-0.3, -0.25) is 4.79 Å². The predicted octanol–water partition coefficient (Wildman–Crippen LogP) is 1.67. The van der Waals surface area contributed by atoms with Gasteiger partial charge in [0.15, 0.2) is 0 Å². The van der Waals surface area contributed by atoms with Gasteiger partial charge in [0.05, 0.1) is 5.02 Å². The average Bonchev–Trinajstić information content (AvgIpc) is 2.72. The minimum Gasteiger partial charge on any atom is -0.489 e. The molecule has 1 aromatic rings. The predicted molar refractivity (Wildman–Crippen MR) is 59.9 cm³/mol. The van der Waals surface area contributed by atoms with Gasteiger partial charge in [-0.1, -0.05) is 11.6 Å². The second-order valence-electron chi connectivity index (χ2n) is 3.85. The Kier molecular flexibility index (Phi) is 3.49. The molecule has 2 atom stereocenters. The van der Waals surface area contributed by atoms with Crippen molar-refractivity contribution in [2.75, 3.05) is 6.54 Å². The number of carboxylic acids is 1. The molecule has 0 amide bonds. The molecule has 1 aliphatic rings. The number of hydrogen-bond donors (Lipinski definition) is 2. The third-order valence-corrected chi connectivity index (χ3v) is 2.89. The van der Waals surface area contributed by atoms with Crippen molar-refractivity contribution in [1.82, 2.24) is 5.32 Å². The molecule has 1 aromatic carbocycles. The molecule has 0 aliphatic carbocycles. The van der Waals surface area contributed by atoms with Crippen LogP contribution < -0.4 is 10.1 Å². The Morgan fingerprint density at radius 2 is 2.35 bits per heavy atom. The van der Waals surface area contributed by atoms with Crippen LogP contribution in [0.4, 0.5) is 4.39 Å². The van der Waals surface area contributed by atoms with Gasteiger partial charge in [-0.05, 0) is 12.1 Å². The van der Waals surface area contributed by atoms with Crippen molar-refractivity contribution in [3.05, 3.63) is 29.0 Å². The molecule has 0 aromatic heterocycles. The highest BCUT2D eigenvalue weighted by Crippen LogP contribution is 2.23. The van der Waals surface area contributed by atoms with Crippen LogP contribution in [0.2, 0.25) is 5.02 Å². The van der Waals surface area contributed by atoms with Crippen LogP contribution in [0.5, 0.6) is 5.75 Å². The number of aliphatic carboxylic acids is 1. The molecule has 6 heteroatoms. The molecule has 0 radical (unpaired) electrons. The number of ether oxygens (including phenoxy) is 1. The van der Waals surface area contributed by atoms with Gasteiger partial charge in [0.25, 0.3) is 0 Å². The number of rotatable bonds is 3. The van der Waals surface area contributed by atoms with Gasteiger partial charge in [0.2, 0.25) is 0 Å². The molecule has 0 bridgehead atoms. The fourth-order valence-corrected chi connectivity index (χ4v) is 1.84. The van der Waals surface area contributed by atoms with Crippen molar-refractivity contribution in [2.45, 2.75) is 18.6 Å². The molecular formula is C11H11ClFNO3. The maximum atomic E-state index is 13.1. The van der Waals surface area contributed by atoms with E-state index >= 15 is 0 Å². The first kappa shape index (κ1) is 12.1. The first-order valence-electron chi connectivity index (χ1n) is 5.14. The molecular weight excluding hydrogens is 249 g/mol. The first-order valence-corrected chi connectivity index (χ1v) is 5.52. The van der Waals surface area contributed by atoms with E-state index in [1.54, 1.807) is 6.07 Å². The summed E-state index contributed by atoms with van der Waals surface area (Å²) >= 11 is 5.54. The molecule has 2 rings (SSSR count). The maximum absolute atomic E-state index is 13.1. The minimum absolute atomic E-state index is 0.0327. The lowest BCUT2D eigenvalue weighted by molar-refractivity contribution is -0.139. The van der Waals surface area contributed by atoms with E-state index in [1.807, 2.05) is 0 Å². The molecule has 1 heterocycles. The van der Waals surface area contributed by atoms with Crippen molar-refractivity contribution in [3.8, 4) is 5.75 Å². The standard InChI is InChI=1S/C11H11ClFNO3/c12-8-2-1-6(3-9(8)13)17-7-4-10(11(15)16)14-5-7/h1-3,7,10,14H,4-5H2,(H,15,16)/t7-,10-/m0/s1. The Morgan fingerprint density at radius 3 is 2.94 bits per heavy atom. The number of nitrogens with one attached hydrogen (secondary N) is 1. The van der Waals surface area contributed by atoms with Crippen molar-refractivity contribution in [2.24, 2.45) is 0 Å². The molecule has 2 N–H and O–H groups in total. The van der Waals surface area contributed by atoms with Gasteiger partial charge in [-0.2, -0.15) is 0 Å². The van der Waals surface area contributed by atoms with Crippen LogP contribution >= 0.6 is 11.6 Å². The minimum atomic E-state index is -0.904. The van der Waals surface area contributed by atoms with Gasteiger partial charge in [-0.15, -0.1) is 0 Å². The fourth-order valence-electron chi connectivity index (χ4n) is 1.72. The van der Waals surface area contributed by atoms with Crippen LogP contribution in [0.1, 0.15) is 6.42 Å². The number of benzene rings is 1. The Balaban J connectivity index is 1.98. The molecule has 0 spiro atoms. The van der Waals surface area contributed by atoms with Gasteiger partial charge >= 0.3 is 5.97 Å². The summed E-state index contributed by atoms with van der Waals surface area (Å²) < 4.78 is 18.6. The molecule has 92 valence electrons. The summed E-state index contributed by atoms with van der Waals surface area (Å²) in [7, 11) is 0. The third-order valence-electron chi connectivity index (χ3n) is 2.58. The topological polar surface area (TPSA) is 58.6 Å². The summed E-state index contributed by atoms with van der Waals surface area (Å²) in [6.07, 6.45) is 0.0937. The SMILES string of the molecule is O=C(O)[C@@H]1C[C@H](Oc2ccc(Cl)c(F)c2)CN1. The highest BCUT2D eigenvalue weighted by Gasteiger charge is 2.30. The lowest BCUT2D eigenvalue weighted by Crippen LogP contribution is -2.30. The lowest BCUT2D eigenvalue weighted by Gasteiger charge is -2.12. The zero-order valence-electron chi connectivity index (χ0n) is 8.82. The van der Waals surface area contributed by atoms with E-state index in [4.69, 9.17) is 21.4 Å². The lowest BCUT2D eigenvalue weighted by atomic mass is 10.2. The smallest absolute Gasteiger partial charge is 0.320 e. The van der Waals surface area contributed by atoms with E-state index in [0.717, 1.165) is 0 Å². The molecule has 0 unspecified atom stereocenters. The summed E-state index contributed by atoms with van der Waals surface area (Å²) in [6, 6.07) is 3.55. The average molecular weight is 260 g/mol. The van der Waals surface area contributed by atoms with Crippen LogP contribution in [-0.2, 0) is 4.79 Å². The summed E-state index contributed by atoms with van der Waals surface area (Å²) in [5, 5.41) is 11.6. The second kappa shape index (κ2) is 4.89. The second-order valence-corrected chi connectivity index (χ2v) is 4.26. The van der Waals surface area contributed by atoms with E-state index in [9.17, 15) is 9.18 Å². The van der Waals surface area contributed by atoms with E-state index in [-0.39, 0.29) is 11.1 Å². The van der Waals surface area contributed by atoms with Gasteiger partial charge in [-0.25, -0.2) is 4.39 Å². The molecule has 0 saturated carbocycles. The summed E-state index contributed by atoms with van der Waals surface area (Å²) in [4.78, 5) is 10.7. The Bertz CT molecular complexity index is 441. The van der Waals surface area contributed by atoms with Crippen LogP contribution in [-0.4, -0.2) is 29.8 Å². The highest BCUT2D eigenvalue weighted by atomic mass is 35.5. The summed E-state index contributed by atoms with van der Waals surface area (Å²) in [5.74, 6) is -1.10. The molecule has 4 nitrogen and oxygen atoms in total. The van der Waals surface area contributed by atoms with Crippen LogP contribution in [0.3, 0.4) is 0 Å². The zero-order chi connectivity index (χ0) is 12.4. The summed E-state index contributed by atoms with van der Waals surface area (Å²) in [5.41, 5.74) is 0. The Hall–Kier alpha value is -1.33. The molecule has 1 saturated heterocycles. The van der Waals surface area contributed by atoms with E-state index < -0.39 is 17.8 Å². The first-order chi connectivity index (χ1) is 8.06. The van der Waals surface area contributed by atoms with Crippen molar-refractivity contribution < 1.29 is 19.0 Å². The van der Waals surface area contributed by atoms with Gasteiger partial charge in [0, 0.05) is 19.0 Å². The third kappa shape index (κ3) is 2.87. The van der Waals surface area contributed by atoms with Crippen molar-refractivity contribution in [3.63, 3.8) is 0 Å². The van der Waals surface area contributed by atoms with Crippen molar-refractivity contribution in [1.29, 1.82) is 0 Å². The molecule has 1 fully saturated rings. The van der Waals surface area contributed by atoms with Crippen LogP contribution in [0, 0.1) is 5.82 Å². The fraction of sp³-hybridized carbons (Fsp3) is 0.364. The van der Waals surface area contributed by atoms with E-state index in [0.29, 0.717) is 18.7 Å². The molecule has 1 aliphatic heterocycles. The number of halogens is 2. The van der Waals surface area contributed by atoms with Crippen molar-refractivity contribution >= 4 is 17.6 Å². The Labute approximate surface area is 102 Å².